The molecule has 1 aliphatic carbocycles. The van der Waals surface area contributed by atoms with Crippen molar-refractivity contribution in [3.63, 3.8) is 0 Å². The van der Waals surface area contributed by atoms with Crippen LogP contribution in [0.4, 0.5) is 31.1 Å². The summed E-state index contributed by atoms with van der Waals surface area (Å²) < 4.78 is 97.5. The third-order valence-electron chi connectivity index (χ3n) is 8.85. The normalized spacial score (nSPS) is 19.7. The molecule has 0 radical (unpaired) electrons. The van der Waals surface area contributed by atoms with Crippen molar-refractivity contribution in [3.8, 4) is 17.0 Å². The van der Waals surface area contributed by atoms with Crippen LogP contribution in [0.5, 0.6) is 5.88 Å². The molecule has 5 rings (SSSR count). The third kappa shape index (κ3) is 7.14. The van der Waals surface area contributed by atoms with Crippen LogP contribution in [0.3, 0.4) is 0 Å². The maximum Gasteiger partial charge on any atom is 0.416 e. The summed E-state index contributed by atoms with van der Waals surface area (Å²) in [5.74, 6) is -0.170. The molecule has 48 heavy (non-hydrogen) atoms. The van der Waals surface area contributed by atoms with Gasteiger partial charge < -0.3 is 14.2 Å². The van der Waals surface area contributed by atoms with Gasteiger partial charge in [0.1, 0.15) is 6.10 Å². The predicted octanol–water partition coefficient (Wildman–Crippen LogP) is 9.13. The summed E-state index contributed by atoms with van der Waals surface area (Å²) in [5.41, 5.74) is 0.544. The van der Waals surface area contributed by atoms with E-state index in [4.69, 9.17) is 14.2 Å². The van der Waals surface area contributed by atoms with Crippen molar-refractivity contribution in [2.24, 2.45) is 5.41 Å². The van der Waals surface area contributed by atoms with Crippen molar-refractivity contribution in [1.82, 2.24) is 9.88 Å². The lowest BCUT2D eigenvalue weighted by molar-refractivity contribution is -0.143. The highest BCUT2D eigenvalue weighted by Gasteiger charge is 2.44. The van der Waals surface area contributed by atoms with Crippen LogP contribution in [0, 0.1) is 5.41 Å². The Morgan fingerprint density at radius 2 is 1.67 bits per heavy atom. The number of amides is 1. The van der Waals surface area contributed by atoms with Gasteiger partial charge in [0.2, 0.25) is 5.88 Å². The number of nitrogens with zero attached hydrogens (tertiary/aromatic N) is 2. The second-order valence-corrected chi connectivity index (χ2v) is 12.8. The van der Waals surface area contributed by atoms with E-state index < -0.39 is 53.3 Å². The third-order valence-corrected chi connectivity index (χ3v) is 8.85. The van der Waals surface area contributed by atoms with Crippen LogP contribution in [0.25, 0.3) is 16.7 Å². The van der Waals surface area contributed by atoms with Crippen LogP contribution in [0.2, 0.25) is 0 Å². The summed E-state index contributed by atoms with van der Waals surface area (Å²) >= 11 is 0. The van der Waals surface area contributed by atoms with Crippen molar-refractivity contribution < 1.29 is 50.1 Å². The Kier molecular flexibility index (Phi) is 9.28. The molecule has 3 aromatic rings. The Morgan fingerprint density at radius 1 is 1.00 bits per heavy atom. The fourth-order valence-electron chi connectivity index (χ4n) is 6.33. The molecular formula is C35H34F6N2O5. The molecule has 2 aliphatic rings. The number of carbonyl (C=O) groups is 2. The van der Waals surface area contributed by atoms with Gasteiger partial charge in [0.05, 0.1) is 37.0 Å². The van der Waals surface area contributed by atoms with Gasteiger partial charge in [-0.2, -0.15) is 26.3 Å². The molecule has 2 aromatic carbocycles. The summed E-state index contributed by atoms with van der Waals surface area (Å²) in [6.07, 6.45) is -8.81. The maximum atomic E-state index is 13.6. The minimum Gasteiger partial charge on any atom is -0.481 e. The first-order chi connectivity index (χ1) is 22.4. The molecule has 1 amide bonds. The molecule has 0 unspecified atom stereocenters. The number of halogens is 6. The largest absolute Gasteiger partial charge is 0.481 e. The maximum absolute atomic E-state index is 13.6. The molecule has 1 fully saturated rings. The Hall–Kier alpha value is -4.55. The summed E-state index contributed by atoms with van der Waals surface area (Å²) in [4.78, 5) is 31.3. The molecule has 1 aromatic heterocycles. The highest BCUT2D eigenvalue weighted by molar-refractivity contribution is 5.91. The number of carbonyl (C=O) groups excluding carboxylic acids is 2. The SMILES string of the molecule is COC(=O)c1cccc(-c2cnc(OC)c(C3=C(CN4C(=O)O[C@H](c5cc(C(F)(F)F)cc(C(F)(F)F)c5)[C@@H]4C)CC(C)(C)CC3)c2)c1. The number of allylic oxidation sites excluding steroid dienone is 1. The number of alkyl halides is 6. The van der Waals surface area contributed by atoms with Crippen LogP contribution < -0.4 is 4.74 Å². The van der Waals surface area contributed by atoms with E-state index in [0.29, 0.717) is 53.1 Å². The summed E-state index contributed by atoms with van der Waals surface area (Å²) in [6.45, 7) is 5.70. The topological polar surface area (TPSA) is 78.0 Å². The number of rotatable bonds is 7. The first kappa shape index (κ1) is 34.8. The van der Waals surface area contributed by atoms with Gasteiger partial charge in [-0.15, -0.1) is 0 Å². The van der Waals surface area contributed by atoms with Crippen LogP contribution in [-0.2, 0) is 21.8 Å². The molecule has 0 spiro atoms. The van der Waals surface area contributed by atoms with Crippen LogP contribution in [0.15, 0.2) is 60.3 Å². The number of ether oxygens (including phenoxy) is 3. The lowest BCUT2D eigenvalue weighted by Crippen LogP contribution is -2.35. The van der Waals surface area contributed by atoms with Crippen molar-refractivity contribution in [3.05, 3.63) is 88.1 Å². The average Bonchev–Trinajstić information content (AvgIpc) is 3.31. The smallest absolute Gasteiger partial charge is 0.416 e. The van der Waals surface area contributed by atoms with Crippen molar-refractivity contribution in [1.29, 1.82) is 0 Å². The van der Waals surface area contributed by atoms with E-state index in [1.807, 2.05) is 12.1 Å². The van der Waals surface area contributed by atoms with Gasteiger partial charge in [-0.1, -0.05) is 26.0 Å². The second-order valence-electron chi connectivity index (χ2n) is 12.8. The Morgan fingerprint density at radius 3 is 2.27 bits per heavy atom. The first-order valence-electron chi connectivity index (χ1n) is 15.1. The van der Waals surface area contributed by atoms with Gasteiger partial charge in [0, 0.05) is 23.9 Å². The molecule has 0 saturated carbocycles. The van der Waals surface area contributed by atoms with Crippen molar-refractivity contribution >= 4 is 17.6 Å². The molecule has 2 atom stereocenters. The zero-order valence-corrected chi connectivity index (χ0v) is 26.9. The van der Waals surface area contributed by atoms with E-state index in [-0.39, 0.29) is 18.0 Å². The van der Waals surface area contributed by atoms with Gasteiger partial charge in [-0.25, -0.2) is 14.6 Å². The number of cyclic esters (lactones) is 1. The van der Waals surface area contributed by atoms with Crippen LogP contribution in [-0.4, -0.2) is 48.8 Å². The molecular weight excluding hydrogens is 642 g/mol. The minimum atomic E-state index is -5.04. The molecule has 7 nitrogen and oxygen atoms in total. The lowest BCUT2D eigenvalue weighted by Gasteiger charge is -2.35. The quantitative estimate of drug-likeness (QED) is 0.184. The molecule has 2 heterocycles. The zero-order chi connectivity index (χ0) is 35.2. The predicted molar refractivity (Wildman–Crippen MR) is 164 cm³/mol. The Balaban J connectivity index is 1.54. The molecule has 0 N–H and O–H groups in total. The molecule has 1 saturated heterocycles. The minimum absolute atomic E-state index is 0.0194. The number of aromatic nitrogens is 1. The Bertz CT molecular complexity index is 1730. The van der Waals surface area contributed by atoms with E-state index in [2.05, 4.69) is 18.8 Å². The van der Waals surface area contributed by atoms with Crippen LogP contribution in [0.1, 0.15) is 78.7 Å². The number of hydrogen-bond donors (Lipinski definition) is 0. The van der Waals surface area contributed by atoms with Crippen LogP contribution >= 0.6 is 0 Å². The zero-order valence-electron chi connectivity index (χ0n) is 26.9. The van der Waals surface area contributed by atoms with Gasteiger partial charge >= 0.3 is 24.4 Å². The van der Waals surface area contributed by atoms with Gasteiger partial charge in [0.25, 0.3) is 0 Å². The monoisotopic (exact) mass is 676 g/mol. The highest BCUT2D eigenvalue weighted by atomic mass is 19.4. The van der Waals surface area contributed by atoms with Crippen molar-refractivity contribution in [2.75, 3.05) is 20.8 Å². The van der Waals surface area contributed by atoms with E-state index >= 15 is 0 Å². The van der Waals surface area contributed by atoms with Gasteiger partial charge in [-0.3, -0.25) is 4.90 Å². The Labute approximate surface area is 273 Å². The molecule has 13 heteroatoms. The van der Waals surface area contributed by atoms with Gasteiger partial charge in [0.15, 0.2) is 0 Å². The number of esters is 1. The first-order valence-corrected chi connectivity index (χ1v) is 15.1. The average molecular weight is 677 g/mol. The van der Waals surface area contributed by atoms with Gasteiger partial charge in [-0.05, 0) is 90.3 Å². The highest BCUT2D eigenvalue weighted by Crippen LogP contribution is 2.47. The summed E-state index contributed by atoms with van der Waals surface area (Å²) in [7, 11) is 2.77. The standard InChI is InChI=1S/C35H34F6N2O5/c1-19-29(22-12-25(34(36,37)38)15-26(13-22)35(39,40)41)48-32(45)43(19)18-24-16-33(2,3)10-9-27(24)28-14-23(17-42-30(28)46-4)20-7-6-8-21(11-20)31(44)47-5/h6-8,11-15,17,19,29H,9-10,16,18H2,1-5H3/t19-,29-/m0/s1. The molecule has 256 valence electrons. The second kappa shape index (κ2) is 12.8. The molecule has 1 aliphatic heterocycles. The lowest BCUT2D eigenvalue weighted by atomic mass is 9.72. The fraction of sp³-hybridized carbons (Fsp3) is 0.400. The summed E-state index contributed by atoms with van der Waals surface area (Å²) in [6, 6.07) is 9.07. The van der Waals surface area contributed by atoms with E-state index in [1.165, 1.54) is 26.0 Å². The number of methoxy groups -OCH3 is 2. The van der Waals surface area contributed by atoms with E-state index in [9.17, 15) is 35.9 Å². The number of pyridine rings is 1. The van der Waals surface area contributed by atoms with Crippen molar-refractivity contribution in [2.45, 2.75) is 64.5 Å². The molecule has 0 bridgehead atoms. The fourth-order valence-corrected chi connectivity index (χ4v) is 6.33. The number of hydrogen-bond acceptors (Lipinski definition) is 6. The van der Waals surface area contributed by atoms with E-state index in [1.54, 1.807) is 24.4 Å². The van der Waals surface area contributed by atoms with E-state index in [0.717, 1.165) is 17.6 Å². The number of benzene rings is 2. The summed E-state index contributed by atoms with van der Waals surface area (Å²) in [5, 5.41) is 0.